The third-order valence-electron chi connectivity index (χ3n) is 17.5. The zero-order valence-electron chi connectivity index (χ0n) is 57.8. The van der Waals surface area contributed by atoms with Crippen molar-refractivity contribution in [3.8, 4) is 0 Å². The van der Waals surface area contributed by atoms with Crippen LogP contribution < -0.4 is 31.9 Å². The van der Waals surface area contributed by atoms with Gasteiger partial charge in [-0.05, 0) is 61.6 Å². The van der Waals surface area contributed by atoms with Crippen LogP contribution in [0, 0.1) is 0 Å². The fourth-order valence-corrected chi connectivity index (χ4v) is 11.5. The van der Waals surface area contributed by atoms with Crippen molar-refractivity contribution < 1.29 is 124 Å². The zero-order valence-corrected chi connectivity index (χ0v) is 57.8. The molecule has 580 valence electrons. The molecule has 39 nitrogen and oxygen atoms in total. The largest absolute Gasteiger partial charge is 0.481 e. The van der Waals surface area contributed by atoms with Crippen LogP contribution in [0.4, 0.5) is 5.69 Å². The first-order chi connectivity index (χ1) is 49.3. The van der Waals surface area contributed by atoms with Gasteiger partial charge in [0.25, 0.3) is 5.91 Å². The molecule has 1 aromatic heterocycles. The van der Waals surface area contributed by atoms with E-state index in [2.05, 4.69) is 41.9 Å². The summed E-state index contributed by atoms with van der Waals surface area (Å²) in [5.41, 5.74) is 2.86. The number of H-pyrrole nitrogens is 1. The van der Waals surface area contributed by atoms with Crippen LogP contribution in [-0.4, -0.2) is 368 Å². The molecule has 0 radical (unpaired) electrons. The second kappa shape index (κ2) is 43.6. The predicted octanol–water partition coefficient (Wildman–Crippen LogP) is -7.78. The van der Waals surface area contributed by atoms with Crippen LogP contribution in [0.3, 0.4) is 0 Å². The van der Waals surface area contributed by atoms with E-state index < -0.39 is 211 Å². The molecule has 5 rings (SSSR count). The number of aromatic nitrogens is 2. The number of aromatic amines is 1. The second-order valence-corrected chi connectivity index (χ2v) is 25.7. The number of carbonyl (C=O) groups excluding carboxylic acids is 7. The molecule has 11 atom stereocenters. The average Bonchev–Trinajstić information content (AvgIpc) is 1.62. The highest BCUT2D eigenvalue weighted by atomic mass is 16.4. The maximum Gasteiger partial charge on any atom is 0.317 e. The first-order valence-electron chi connectivity index (χ1n) is 34.1. The number of anilines is 1. The number of aliphatic carboxylic acids is 4. The molecule has 21 N–H and O–H groups in total. The minimum atomic E-state index is -2.08. The van der Waals surface area contributed by atoms with E-state index in [4.69, 9.17) is 0 Å². The van der Waals surface area contributed by atoms with Gasteiger partial charge in [-0.25, -0.2) is 4.98 Å². The Labute approximate surface area is 597 Å². The first-order valence-corrected chi connectivity index (χ1v) is 34.1. The molecular formula is C65H100N14O25. The Kier molecular flexibility index (Phi) is 36.0. The number of carbonyl (C=O) groups is 11. The number of unbranched alkanes of at least 4 members (excludes halogenated alkanes) is 3. The van der Waals surface area contributed by atoms with Gasteiger partial charge in [-0.15, -0.1) is 0 Å². The number of rotatable bonds is 42. The molecule has 2 aliphatic rings. The van der Waals surface area contributed by atoms with Gasteiger partial charge in [0.05, 0.1) is 75.6 Å². The molecule has 0 spiro atoms. The Hall–Kier alpha value is -8.68. The SMILES string of the molecule is CN(Cc1nc2ccccc2[nH]1)C(=O)c1ccc2c(c1)CN(CCCCCCNC(=O)[C@H](CCC(=O)NC[C@@H](O)[C@@H](O)[C@@H](O)[C@H](O)CO)NC(=O)[C@H](CCC(=O)NC[C@H](O)[C@@H](O)[C@H](O)[C@@H](O)CO)NC(=O)CN1CCN(CC(=O)O)CCN(CC(=O)O)CCN(CC(=O)O)CC1)C(=O)C(CC(=O)O)N2. The van der Waals surface area contributed by atoms with Crippen molar-refractivity contribution in [3.63, 3.8) is 0 Å². The van der Waals surface area contributed by atoms with Gasteiger partial charge in [0.2, 0.25) is 35.4 Å². The van der Waals surface area contributed by atoms with E-state index in [-0.39, 0.29) is 84.4 Å². The molecule has 7 amide bonds. The minimum Gasteiger partial charge on any atom is -0.481 e. The number of hydrogen-bond donors (Lipinski definition) is 21. The minimum absolute atomic E-state index is 0.0137. The summed E-state index contributed by atoms with van der Waals surface area (Å²) in [7, 11) is 1.62. The molecule has 3 aromatic rings. The lowest BCUT2D eigenvalue weighted by Crippen LogP contribution is -2.56. The molecule has 3 heterocycles. The monoisotopic (exact) mass is 1480 g/mol. The van der Waals surface area contributed by atoms with Crippen molar-refractivity contribution in [2.45, 2.75) is 138 Å². The van der Waals surface area contributed by atoms with Gasteiger partial charge in [-0.2, -0.15) is 0 Å². The number of carboxylic acid groups (broad SMARTS) is 4. The molecule has 1 saturated heterocycles. The van der Waals surface area contributed by atoms with Crippen LogP contribution >= 0.6 is 0 Å². The number of hydrogen-bond acceptors (Lipinski definition) is 27. The third kappa shape index (κ3) is 29.1. The summed E-state index contributed by atoms with van der Waals surface area (Å²) in [6, 6.07) is 7.73. The van der Waals surface area contributed by atoms with E-state index in [0.29, 0.717) is 48.3 Å². The Bertz CT molecular complexity index is 3270. The summed E-state index contributed by atoms with van der Waals surface area (Å²) < 4.78 is 0. The Balaban J connectivity index is 1.32. The smallest absolute Gasteiger partial charge is 0.317 e. The second-order valence-electron chi connectivity index (χ2n) is 25.7. The number of imidazole rings is 1. The van der Waals surface area contributed by atoms with E-state index >= 15 is 0 Å². The van der Waals surface area contributed by atoms with E-state index in [0.717, 1.165) is 11.0 Å². The lowest BCUT2D eigenvalue weighted by molar-refractivity contribution is -0.141. The number of nitrogens with zero attached hydrogens (tertiary/aromatic N) is 7. The summed E-state index contributed by atoms with van der Waals surface area (Å²) in [6.45, 7) is -5.02. The molecule has 1 unspecified atom stereocenters. The van der Waals surface area contributed by atoms with Crippen molar-refractivity contribution in [1.29, 1.82) is 0 Å². The quantitative estimate of drug-likeness (QED) is 0.0234. The van der Waals surface area contributed by atoms with Crippen molar-refractivity contribution in [2.24, 2.45) is 0 Å². The number of aliphatic hydroxyl groups excluding tert-OH is 10. The standard InChI is InChI=1S/C65H100N14O25/c1-74(31-50-70-41-8-4-5-9-42(41)71-50)64(103)38-10-11-40-39(26-38)30-79(65(104)45(69-40)27-54(89)90)17-7-3-2-6-16-66-62(101)43(12-14-51(86)67-28-46(82)58(97)60(99)48(84)36-80)73-63(102)44(13-15-52(87)68-29-47(83)59(98)61(100)49(85)37-81)72-53(88)32-75-18-20-76(33-55(91)92)22-24-78(35-57(95)96)25-23-77(21-19-75)34-56(93)94/h4-5,8-11,26,43-49,58-61,69,80-85,97-100H,2-3,6-7,12-25,27-37H2,1H3,(H,66,101)(H,67,86)(H,68,87)(H,70,71)(H,72,88)(H,73,102)(H,89,90)(H,91,92)(H,93,94)(H,95,96)/t43-,44-,45?,46+,47-,48+,49-,58+,59+,60-,61+/m0/s1. The Morgan fingerprint density at radius 1 is 0.567 bits per heavy atom. The molecule has 39 heteroatoms. The summed E-state index contributed by atoms with van der Waals surface area (Å²) in [4.78, 5) is 162. The number of carboxylic acids is 4. The highest BCUT2D eigenvalue weighted by molar-refractivity contribution is 5.96. The molecule has 2 aliphatic heterocycles. The van der Waals surface area contributed by atoms with Crippen LogP contribution in [-0.2, 0) is 61.0 Å². The number of nitrogens with one attached hydrogen (secondary N) is 7. The summed E-state index contributed by atoms with van der Waals surface area (Å²) in [5.74, 6) is -9.80. The van der Waals surface area contributed by atoms with E-state index in [1.54, 1.807) is 25.2 Å². The van der Waals surface area contributed by atoms with Crippen LogP contribution in [0.5, 0.6) is 0 Å². The van der Waals surface area contributed by atoms with Gasteiger partial charge in [0, 0.05) is 116 Å². The van der Waals surface area contributed by atoms with Crippen molar-refractivity contribution in [2.75, 3.05) is 130 Å². The zero-order chi connectivity index (χ0) is 76.7. The molecule has 0 aliphatic carbocycles. The molecule has 0 bridgehead atoms. The molecule has 2 aromatic carbocycles. The highest BCUT2D eigenvalue weighted by Gasteiger charge is 2.35. The van der Waals surface area contributed by atoms with Crippen LogP contribution in [0.2, 0.25) is 0 Å². The fraction of sp³-hybridized carbons (Fsp3) is 0.631. The lowest BCUT2D eigenvalue weighted by Gasteiger charge is -2.33. The number of benzene rings is 2. The van der Waals surface area contributed by atoms with E-state index in [1.807, 2.05) is 24.3 Å². The number of para-hydroxylation sites is 2. The molecular weight excluding hydrogens is 1380 g/mol. The lowest BCUT2D eigenvalue weighted by atomic mass is 10.0. The average molecular weight is 1480 g/mol. The maximum atomic E-state index is 14.6. The van der Waals surface area contributed by atoms with E-state index in [1.165, 1.54) is 29.4 Å². The topological polar surface area (TPSA) is 591 Å². The van der Waals surface area contributed by atoms with Gasteiger partial charge in [0.15, 0.2) is 0 Å². The van der Waals surface area contributed by atoms with Crippen LogP contribution in [0.15, 0.2) is 42.5 Å². The highest BCUT2D eigenvalue weighted by Crippen LogP contribution is 2.27. The molecule has 0 saturated carbocycles. The Morgan fingerprint density at radius 3 is 1.54 bits per heavy atom. The predicted molar refractivity (Wildman–Crippen MR) is 364 cm³/mol. The molecule has 1 fully saturated rings. The summed E-state index contributed by atoms with van der Waals surface area (Å²) in [6.07, 6.45) is -17.1. The number of amides is 7. The van der Waals surface area contributed by atoms with Crippen LogP contribution in [0.25, 0.3) is 11.0 Å². The first kappa shape index (κ1) is 86.0. The molecule has 104 heavy (non-hydrogen) atoms. The van der Waals surface area contributed by atoms with Crippen molar-refractivity contribution >= 4 is 81.9 Å². The van der Waals surface area contributed by atoms with Crippen LogP contribution in [0.1, 0.15) is 79.5 Å². The van der Waals surface area contributed by atoms with E-state index in [9.17, 15) is 124 Å². The fourth-order valence-electron chi connectivity index (χ4n) is 11.5. The van der Waals surface area contributed by atoms with Gasteiger partial charge in [0.1, 0.15) is 60.6 Å². The van der Waals surface area contributed by atoms with Crippen molar-refractivity contribution in [3.05, 3.63) is 59.4 Å². The van der Waals surface area contributed by atoms with Gasteiger partial charge < -0.3 is 118 Å². The summed E-state index contributed by atoms with van der Waals surface area (Å²) >= 11 is 0. The summed E-state index contributed by atoms with van der Waals surface area (Å²) in [5, 5.41) is 154. The normalized spacial score (nSPS) is 18.2. The maximum absolute atomic E-state index is 14.6. The van der Waals surface area contributed by atoms with Gasteiger partial charge >= 0.3 is 23.9 Å². The van der Waals surface area contributed by atoms with Gasteiger partial charge in [-0.3, -0.25) is 72.3 Å². The number of fused-ring (bicyclic) bond motifs is 2. The van der Waals surface area contributed by atoms with Gasteiger partial charge in [-0.1, -0.05) is 25.0 Å². The van der Waals surface area contributed by atoms with Crippen molar-refractivity contribution in [1.82, 2.24) is 66.0 Å². The Morgan fingerprint density at radius 2 is 1.05 bits per heavy atom. The number of aliphatic hydroxyl groups is 10. The third-order valence-corrected chi connectivity index (χ3v) is 17.5.